The van der Waals surface area contributed by atoms with Crippen molar-refractivity contribution in [3.63, 3.8) is 0 Å². The van der Waals surface area contributed by atoms with Crippen LogP contribution in [-0.4, -0.2) is 15.6 Å². The fourth-order valence-electron chi connectivity index (χ4n) is 2.69. The second-order valence-corrected chi connectivity index (χ2v) is 6.81. The van der Waals surface area contributed by atoms with Crippen molar-refractivity contribution in [2.75, 3.05) is 0 Å². The van der Waals surface area contributed by atoms with Crippen molar-refractivity contribution in [1.29, 1.82) is 0 Å². The van der Waals surface area contributed by atoms with Crippen molar-refractivity contribution >= 4 is 22.4 Å². The van der Waals surface area contributed by atoms with Crippen LogP contribution in [0.2, 0.25) is 0 Å². The molecular weight excluding hydrogens is 278 g/mol. The summed E-state index contributed by atoms with van der Waals surface area (Å²) in [5, 5.41) is 1.22. The number of hydrogen-bond donors (Lipinski definition) is 1. The SMILES string of the molecule is CCc1ccc(Cn2cc(CC(C)N)c3cccnc32)s1. The summed E-state index contributed by atoms with van der Waals surface area (Å²) in [6, 6.07) is 8.75. The maximum atomic E-state index is 5.97. The fourth-order valence-corrected chi connectivity index (χ4v) is 3.65. The standard InChI is InChI=1S/C17H21N3S/c1-3-14-6-7-15(21-14)11-20-10-13(9-12(2)18)16-5-4-8-19-17(16)20/h4-8,10,12H,3,9,11,18H2,1-2H3. The summed E-state index contributed by atoms with van der Waals surface area (Å²) >= 11 is 1.89. The van der Waals surface area contributed by atoms with Gasteiger partial charge in [0, 0.05) is 33.6 Å². The lowest BCUT2D eigenvalue weighted by molar-refractivity contribution is 0.735. The number of aromatic nitrogens is 2. The molecule has 0 saturated heterocycles. The Hall–Kier alpha value is -1.65. The average Bonchev–Trinajstić information content (AvgIpc) is 3.05. The third kappa shape index (κ3) is 3.01. The molecule has 0 fully saturated rings. The van der Waals surface area contributed by atoms with E-state index in [9.17, 15) is 0 Å². The van der Waals surface area contributed by atoms with Crippen LogP contribution in [0.15, 0.2) is 36.7 Å². The zero-order valence-electron chi connectivity index (χ0n) is 12.5. The summed E-state index contributed by atoms with van der Waals surface area (Å²) in [5.41, 5.74) is 8.32. The number of pyridine rings is 1. The van der Waals surface area contributed by atoms with Gasteiger partial charge in [0.2, 0.25) is 0 Å². The van der Waals surface area contributed by atoms with E-state index < -0.39 is 0 Å². The maximum Gasteiger partial charge on any atom is 0.140 e. The number of fused-ring (bicyclic) bond motifs is 1. The van der Waals surface area contributed by atoms with Gasteiger partial charge < -0.3 is 10.3 Å². The lowest BCUT2D eigenvalue weighted by atomic mass is 10.1. The summed E-state index contributed by atoms with van der Waals surface area (Å²) in [6.45, 7) is 5.13. The molecule has 0 saturated carbocycles. The van der Waals surface area contributed by atoms with Crippen molar-refractivity contribution in [3.8, 4) is 0 Å². The molecule has 0 aromatic carbocycles. The van der Waals surface area contributed by atoms with Gasteiger partial charge in [-0.1, -0.05) is 6.92 Å². The highest BCUT2D eigenvalue weighted by Gasteiger charge is 2.11. The van der Waals surface area contributed by atoms with Crippen LogP contribution in [0.3, 0.4) is 0 Å². The first-order chi connectivity index (χ1) is 10.2. The molecule has 0 radical (unpaired) electrons. The van der Waals surface area contributed by atoms with Crippen LogP contribution in [0, 0.1) is 0 Å². The minimum absolute atomic E-state index is 0.165. The predicted octanol–water partition coefficient (Wildman–Crippen LogP) is 3.60. The molecule has 21 heavy (non-hydrogen) atoms. The second kappa shape index (κ2) is 6.00. The van der Waals surface area contributed by atoms with Gasteiger partial charge in [0.05, 0.1) is 6.54 Å². The summed E-state index contributed by atoms with van der Waals surface area (Å²) in [5.74, 6) is 0. The van der Waals surface area contributed by atoms with Gasteiger partial charge in [0.1, 0.15) is 5.65 Å². The van der Waals surface area contributed by atoms with E-state index in [0.29, 0.717) is 0 Å². The molecule has 0 amide bonds. The Bertz CT molecular complexity index is 739. The molecule has 3 aromatic rings. The molecule has 0 aliphatic rings. The summed E-state index contributed by atoms with van der Waals surface area (Å²) in [6.07, 6.45) is 6.07. The van der Waals surface area contributed by atoms with E-state index in [4.69, 9.17) is 5.73 Å². The van der Waals surface area contributed by atoms with Crippen molar-refractivity contribution in [1.82, 2.24) is 9.55 Å². The number of rotatable bonds is 5. The molecule has 4 heteroatoms. The van der Waals surface area contributed by atoms with Gasteiger partial charge in [-0.2, -0.15) is 0 Å². The fraction of sp³-hybridized carbons (Fsp3) is 0.353. The van der Waals surface area contributed by atoms with Gasteiger partial charge in [-0.05, 0) is 49.6 Å². The van der Waals surface area contributed by atoms with Crippen molar-refractivity contribution < 1.29 is 0 Å². The smallest absolute Gasteiger partial charge is 0.140 e. The van der Waals surface area contributed by atoms with Crippen molar-refractivity contribution in [3.05, 3.63) is 52.0 Å². The number of hydrogen-bond acceptors (Lipinski definition) is 3. The minimum Gasteiger partial charge on any atom is -0.328 e. The molecular formula is C17H21N3S. The Labute approximate surface area is 129 Å². The number of nitrogens with two attached hydrogens (primary N) is 1. The van der Waals surface area contributed by atoms with Crippen LogP contribution < -0.4 is 5.73 Å². The largest absolute Gasteiger partial charge is 0.328 e. The van der Waals surface area contributed by atoms with Gasteiger partial charge in [0.25, 0.3) is 0 Å². The number of thiophene rings is 1. The van der Waals surface area contributed by atoms with E-state index in [1.807, 2.05) is 30.5 Å². The zero-order chi connectivity index (χ0) is 14.8. The van der Waals surface area contributed by atoms with Gasteiger partial charge in [-0.15, -0.1) is 11.3 Å². The highest BCUT2D eigenvalue weighted by atomic mass is 32.1. The van der Waals surface area contributed by atoms with Crippen LogP contribution in [0.25, 0.3) is 11.0 Å². The lowest BCUT2D eigenvalue weighted by Crippen LogP contribution is -2.17. The third-order valence-electron chi connectivity index (χ3n) is 3.65. The first-order valence-corrected chi connectivity index (χ1v) is 8.25. The van der Waals surface area contributed by atoms with Gasteiger partial charge >= 0.3 is 0 Å². The molecule has 0 aliphatic heterocycles. The summed E-state index contributed by atoms with van der Waals surface area (Å²) < 4.78 is 2.25. The molecule has 1 unspecified atom stereocenters. The number of nitrogens with zero attached hydrogens (tertiary/aromatic N) is 2. The summed E-state index contributed by atoms with van der Waals surface area (Å²) in [7, 11) is 0. The molecule has 1 atom stereocenters. The Balaban J connectivity index is 1.97. The highest BCUT2D eigenvalue weighted by Crippen LogP contribution is 2.24. The molecule has 3 rings (SSSR count). The minimum atomic E-state index is 0.165. The van der Waals surface area contributed by atoms with Crippen molar-refractivity contribution in [2.45, 2.75) is 39.3 Å². The Morgan fingerprint density at radius 3 is 2.81 bits per heavy atom. The topological polar surface area (TPSA) is 43.8 Å². The second-order valence-electron chi connectivity index (χ2n) is 5.56. The Kier molecular flexibility index (Phi) is 4.08. The van der Waals surface area contributed by atoms with E-state index in [1.54, 1.807) is 0 Å². The first kappa shape index (κ1) is 14.3. The maximum absolute atomic E-state index is 5.97. The molecule has 2 N–H and O–H groups in total. The molecule has 3 aromatic heterocycles. The highest BCUT2D eigenvalue weighted by molar-refractivity contribution is 7.11. The molecule has 0 bridgehead atoms. The van der Waals surface area contributed by atoms with Gasteiger partial charge in [-0.3, -0.25) is 0 Å². The average molecular weight is 299 g/mol. The lowest BCUT2D eigenvalue weighted by Gasteiger charge is -2.02. The van der Waals surface area contributed by atoms with Gasteiger partial charge in [0.15, 0.2) is 0 Å². The molecule has 3 nitrogen and oxygen atoms in total. The van der Waals surface area contributed by atoms with Crippen molar-refractivity contribution in [2.24, 2.45) is 5.73 Å². The van der Waals surface area contributed by atoms with Gasteiger partial charge in [-0.25, -0.2) is 4.98 Å². The number of aryl methyl sites for hydroxylation is 1. The van der Waals surface area contributed by atoms with Crippen LogP contribution in [0.1, 0.15) is 29.2 Å². The molecule has 0 spiro atoms. The predicted molar refractivity (Wildman–Crippen MR) is 89.9 cm³/mol. The van der Waals surface area contributed by atoms with E-state index in [1.165, 1.54) is 20.7 Å². The van der Waals surface area contributed by atoms with E-state index in [2.05, 4.69) is 40.9 Å². The Morgan fingerprint density at radius 1 is 1.29 bits per heavy atom. The zero-order valence-corrected chi connectivity index (χ0v) is 13.4. The van der Waals surface area contributed by atoms with E-state index >= 15 is 0 Å². The molecule has 110 valence electrons. The third-order valence-corrected chi connectivity index (χ3v) is 4.86. The summed E-state index contributed by atoms with van der Waals surface area (Å²) in [4.78, 5) is 7.37. The van der Waals surface area contributed by atoms with E-state index in [0.717, 1.165) is 25.0 Å². The van der Waals surface area contributed by atoms with E-state index in [-0.39, 0.29) is 6.04 Å². The molecule has 3 heterocycles. The molecule has 0 aliphatic carbocycles. The quantitative estimate of drug-likeness (QED) is 0.782. The monoisotopic (exact) mass is 299 g/mol. The van der Waals surface area contributed by atoms with Crippen LogP contribution in [0.5, 0.6) is 0 Å². The first-order valence-electron chi connectivity index (χ1n) is 7.43. The van der Waals surface area contributed by atoms with Crippen LogP contribution in [-0.2, 0) is 19.4 Å². The Morgan fingerprint density at radius 2 is 2.10 bits per heavy atom. The van der Waals surface area contributed by atoms with Crippen LogP contribution in [0.4, 0.5) is 0 Å². The normalized spacial score (nSPS) is 12.9. The van der Waals surface area contributed by atoms with Crippen LogP contribution >= 0.6 is 11.3 Å².